The molecule has 0 aliphatic carbocycles. The number of fused-ring (bicyclic) bond motifs is 1. The maximum absolute atomic E-state index is 12.3. The van der Waals surface area contributed by atoms with Gasteiger partial charge in [-0.25, -0.2) is 4.79 Å². The lowest BCUT2D eigenvalue weighted by molar-refractivity contribution is 0.0793. The fraction of sp³-hybridized carbons (Fsp3) is 0.467. The van der Waals surface area contributed by atoms with Gasteiger partial charge in [-0.1, -0.05) is 13.3 Å². The van der Waals surface area contributed by atoms with Crippen LogP contribution in [0.25, 0.3) is 11.0 Å². The van der Waals surface area contributed by atoms with Gasteiger partial charge in [-0.3, -0.25) is 13.9 Å². The second-order valence-electron chi connectivity index (χ2n) is 5.18. The summed E-state index contributed by atoms with van der Waals surface area (Å²) < 4.78 is 3.16. The molecule has 1 amide bonds. The van der Waals surface area contributed by atoms with Gasteiger partial charge in [-0.05, 0) is 24.6 Å². The lowest BCUT2D eigenvalue weighted by Crippen LogP contribution is -2.27. The van der Waals surface area contributed by atoms with Crippen molar-refractivity contribution in [2.24, 2.45) is 14.1 Å². The third-order valence-corrected chi connectivity index (χ3v) is 3.71. The smallest absolute Gasteiger partial charge is 0.328 e. The highest BCUT2D eigenvalue weighted by molar-refractivity contribution is 5.97. The zero-order valence-corrected chi connectivity index (χ0v) is 12.5. The van der Waals surface area contributed by atoms with Crippen molar-refractivity contribution in [1.82, 2.24) is 14.0 Å². The second kappa shape index (κ2) is 5.53. The van der Waals surface area contributed by atoms with E-state index in [-0.39, 0.29) is 11.6 Å². The van der Waals surface area contributed by atoms with E-state index in [1.807, 2.05) is 13.1 Å². The summed E-state index contributed by atoms with van der Waals surface area (Å²) in [5, 5.41) is 0. The summed E-state index contributed by atoms with van der Waals surface area (Å²) in [6, 6.07) is 5.41. The van der Waals surface area contributed by atoms with E-state index in [2.05, 4.69) is 6.92 Å². The van der Waals surface area contributed by atoms with Crippen LogP contribution in [0.4, 0.5) is 0 Å². The number of carbonyl (C=O) groups is 1. The summed E-state index contributed by atoms with van der Waals surface area (Å²) >= 11 is 0. The molecule has 0 radical (unpaired) electrons. The van der Waals surface area contributed by atoms with Crippen LogP contribution in [0, 0.1) is 0 Å². The van der Waals surface area contributed by atoms with Gasteiger partial charge in [0.1, 0.15) is 0 Å². The molecule has 0 fully saturated rings. The molecule has 1 aromatic heterocycles. The van der Waals surface area contributed by atoms with Crippen LogP contribution < -0.4 is 5.69 Å². The number of rotatable bonds is 4. The van der Waals surface area contributed by atoms with E-state index in [0.717, 1.165) is 30.4 Å². The standard InChI is InChI=1S/C15H21N3O2/c1-5-6-9-16(2)14(19)11-7-8-12-13(10-11)18(4)15(20)17(12)3/h7-8,10H,5-6,9H2,1-4H3. The van der Waals surface area contributed by atoms with Gasteiger partial charge in [0.2, 0.25) is 0 Å². The summed E-state index contributed by atoms with van der Waals surface area (Å²) in [5.74, 6) is -0.00310. The Labute approximate surface area is 118 Å². The van der Waals surface area contributed by atoms with Crippen LogP contribution in [-0.2, 0) is 14.1 Å². The zero-order valence-electron chi connectivity index (χ0n) is 12.5. The maximum Gasteiger partial charge on any atom is 0.328 e. The van der Waals surface area contributed by atoms with Crippen molar-refractivity contribution in [3.63, 3.8) is 0 Å². The van der Waals surface area contributed by atoms with Gasteiger partial charge >= 0.3 is 5.69 Å². The number of amides is 1. The van der Waals surface area contributed by atoms with Crippen LogP contribution in [0.15, 0.2) is 23.0 Å². The molecule has 108 valence electrons. The number of hydrogen-bond donors (Lipinski definition) is 0. The zero-order chi connectivity index (χ0) is 14.9. The highest BCUT2D eigenvalue weighted by Crippen LogP contribution is 2.15. The van der Waals surface area contributed by atoms with Gasteiger partial charge in [-0.15, -0.1) is 0 Å². The third-order valence-electron chi connectivity index (χ3n) is 3.71. The minimum absolute atomic E-state index is 0.00310. The molecular formula is C15H21N3O2. The largest absolute Gasteiger partial charge is 0.342 e. The number of aryl methyl sites for hydroxylation is 2. The van der Waals surface area contributed by atoms with E-state index in [4.69, 9.17) is 0 Å². The molecule has 0 atom stereocenters. The van der Waals surface area contributed by atoms with Crippen LogP contribution >= 0.6 is 0 Å². The number of unbranched alkanes of at least 4 members (excludes halogenated alkanes) is 1. The monoisotopic (exact) mass is 275 g/mol. The van der Waals surface area contributed by atoms with Gasteiger partial charge in [0.15, 0.2) is 0 Å². The van der Waals surface area contributed by atoms with E-state index < -0.39 is 0 Å². The fourth-order valence-corrected chi connectivity index (χ4v) is 2.36. The first-order chi connectivity index (χ1) is 9.47. The summed E-state index contributed by atoms with van der Waals surface area (Å²) in [6.07, 6.45) is 2.05. The molecule has 0 unspecified atom stereocenters. The molecule has 5 nitrogen and oxygen atoms in total. The summed E-state index contributed by atoms with van der Waals surface area (Å²) in [6.45, 7) is 2.85. The van der Waals surface area contributed by atoms with E-state index in [0.29, 0.717) is 5.56 Å². The summed E-state index contributed by atoms with van der Waals surface area (Å²) in [7, 11) is 5.27. The molecule has 1 heterocycles. The molecule has 0 saturated heterocycles. The molecule has 2 rings (SSSR count). The quantitative estimate of drug-likeness (QED) is 0.853. The third kappa shape index (κ3) is 2.35. The minimum Gasteiger partial charge on any atom is -0.342 e. The fourth-order valence-electron chi connectivity index (χ4n) is 2.36. The van der Waals surface area contributed by atoms with Gasteiger partial charge in [0.25, 0.3) is 5.91 Å². The van der Waals surface area contributed by atoms with Crippen molar-refractivity contribution in [3.8, 4) is 0 Å². The van der Waals surface area contributed by atoms with Crippen LogP contribution in [0.2, 0.25) is 0 Å². The number of nitrogens with zero attached hydrogens (tertiary/aromatic N) is 3. The van der Waals surface area contributed by atoms with E-state index >= 15 is 0 Å². The van der Waals surface area contributed by atoms with Gasteiger partial charge in [0.05, 0.1) is 11.0 Å². The molecule has 1 aromatic carbocycles. The number of aromatic nitrogens is 2. The molecule has 0 saturated carbocycles. The molecule has 0 spiro atoms. The lowest BCUT2D eigenvalue weighted by Gasteiger charge is -2.16. The van der Waals surface area contributed by atoms with Crippen molar-refractivity contribution < 1.29 is 4.79 Å². The molecule has 0 aliphatic rings. The molecular weight excluding hydrogens is 254 g/mol. The highest BCUT2D eigenvalue weighted by Gasteiger charge is 2.14. The normalized spacial score (nSPS) is 11.0. The molecule has 20 heavy (non-hydrogen) atoms. The second-order valence-corrected chi connectivity index (χ2v) is 5.18. The van der Waals surface area contributed by atoms with Crippen LogP contribution in [0.5, 0.6) is 0 Å². The number of imidazole rings is 1. The Balaban J connectivity index is 2.39. The van der Waals surface area contributed by atoms with E-state index in [1.54, 1.807) is 40.3 Å². The Hall–Kier alpha value is -2.04. The maximum atomic E-state index is 12.3. The summed E-state index contributed by atoms with van der Waals surface area (Å²) in [4.78, 5) is 25.9. The average molecular weight is 275 g/mol. The topological polar surface area (TPSA) is 47.2 Å². The molecule has 0 bridgehead atoms. The molecule has 5 heteroatoms. The minimum atomic E-state index is -0.0797. The van der Waals surface area contributed by atoms with Crippen molar-refractivity contribution >= 4 is 16.9 Å². The average Bonchev–Trinajstić information content (AvgIpc) is 2.68. The van der Waals surface area contributed by atoms with Crippen LogP contribution in [-0.4, -0.2) is 33.5 Å². The van der Waals surface area contributed by atoms with Crippen molar-refractivity contribution in [2.45, 2.75) is 19.8 Å². The summed E-state index contributed by atoms with van der Waals surface area (Å²) in [5.41, 5.74) is 2.17. The Bertz CT molecular complexity index is 697. The molecule has 0 N–H and O–H groups in total. The molecule has 0 aliphatic heterocycles. The van der Waals surface area contributed by atoms with E-state index in [1.165, 1.54) is 0 Å². The molecule has 2 aromatic rings. The SMILES string of the molecule is CCCCN(C)C(=O)c1ccc2c(c1)n(C)c(=O)n2C. The highest BCUT2D eigenvalue weighted by atomic mass is 16.2. The Morgan fingerprint density at radius 1 is 1.20 bits per heavy atom. The first-order valence-electron chi connectivity index (χ1n) is 6.88. The first-order valence-corrected chi connectivity index (χ1v) is 6.88. The predicted molar refractivity (Wildman–Crippen MR) is 80.0 cm³/mol. The van der Waals surface area contributed by atoms with Crippen LogP contribution in [0.3, 0.4) is 0 Å². The number of carbonyl (C=O) groups excluding carboxylic acids is 1. The lowest BCUT2D eigenvalue weighted by atomic mass is 10.1. The van der Waals surface area contributed by atoms with Crippen molar-refractivity contribution in [3.05, 3.63) is 34.2 Å². The van der Waals surface area contributed by atoms with Crippen molar-refractivity contribution in [2.75, 3.05) is 13.6 Å². The first kappa shape index (κ1) is 14.4. The van der Waals surface area contributed by atoms with Gasteiger partial charge in [0, 0.05) is 33.3 Å². The number of hydrogen-bond acceptors (Lipinski definition) is 2. The predicted octanol–water partition coefficient (Wildman–Crippen LogP) is 1.75. The Morgan fingerprint density at radius 3 is 2.50 bits per heavy atom. The van der Waals surface area contributed by atoms with Crippen LogP contribution in [0.1, 0.15) is 30.1 Å². The van der Waals surface area contributed by atoms with Gasteiger partial charge in [-0.2, -0.15) is 0 Å². The van der Waals surface area contributed by atoms with Crippen molar-refractivity contribution in [1.29, 1.82) is 0 Å². The Kier molecular flexibility index (Phi) is 3.97. The number of benzene rings is 1. The van der Waals surface area contributed by atoms with Gasteiger partial charge < -0.3 is 4.90 Å². The van der Waals surface area contributed by atoms with E-state index in [9.17, 15) is 9.59 Å². The Morgan fingerprint density at radius 2 is 1.85 bits per heavy atom.